The topological polar surface area (TPSA) is 32.8 Å². The van der Waals surface area contributed by atoms with E-state index in [1.54, 1.807) is 0 Å². The van der Waals surface area contributed by atoms with Crippen LogP contribution in [0, 0.1) is 6.92 Å². The Hall–Kier alpha value is -0.910. The van der Waals surface area contributed by atoms with Crippen LogP contribution < -0.4 is 0 Å². The van der Waals surface area contributed by atoms with Gasteiger partial charge in [0.2, 0.25) is 0 Å². The molecule has 2 aliphatic heterocycles. The van der Waals surface area contributed by atoms with Crippen LogP contribution in [0.1, 0.15) is 22.3 Å². The van der Waals surface area contributed by atoms with Gasteiger partial charge in [-0.05, 0) is 40.9 Å². The first-order chi connectivity index (χ1) is 10.2. The lowest BCUT2D eigenvalue weighted by Crippen LogP contribution is -2.45. The molecule has 2 aliphatic rings. The first-order valence-electron chi connectivity index (χ1n) is 7.53. The Morgan fingerprint density at radius 1 is 1.29 bits per heavy atom. The van der Waals surface area contributed by atoms with Crippen molar-refractivity contribution >= 4 is 21.8 Å². The van der Waals surface area contributed by atoms with Crippen LogP contribution in [0.3, 0.4) is 0 Å². The zero-order chi connectivity index (χ0) is 14.8. The monoisotopic (exact) mass is 352 g/mol. The highest BCUT2D eigenvalue weighted by Crippen LogP contribution is 2.25. The summed E-state index contributed by atoms with van der Waals surface area (Å²) < 4.78 is 6.32. The maximum Gasteiger partial charge on any atom is 0.255 e. The molecule has 1 aromatic rings. The smallest absolute Gasteiger partial charge is 0.255 e. The number of aryl methyl sites for hydroxylation is 1. The number of carbonyl (C=O) groups is 1. The average molecular weight is 353 g/mol. The van der Waals surface area contributed by atoms with Gasteiger partial charge in [-0.2, -0.15) is 0 Å². The molecule has 1 aromatic carbocycles. The summed E-state index contributed by atoms with van der Waals surface area (Å²) in [4.78, 5) is 17.1. The second-order valence-electron chi connectivity index (χ2n) is 5.78. The van der Waals surface area contributed by atoms with Gasteiger partial charge < -0.3 is 9.64 Å². The third kappa shape index (κ3) is 3.15. The molecule has 0 saturated carbocycles. The Balaban J connectivity index is 1.68. The van der Waals surface area contributed by atoms with E-state index in [0.717, 1.165) is 61.4 Å². The van der Waals surface area contributed by atoms with Crippen LogP contribution >= 0.6 is 15.9 Å². The SMILES string of the molecule is Cc1cccc(C(=O)N2CCC(N3CCOCC3)C2)c1Br. The van der Waals surface area contributed by atoms with Gasteiger partial charge in [0.05, 0.1) is 18.8 Å². The number of halogens is 1. The Kier molecular flexibility index (Phi) is 4.62. The zero-order valence-corrected chi connectivity index (χ0v) is 13.9. The van der Waals surface area contributed by atoms with Crippen molar-refractivity contribution in [2.45, 2.75) is 19.4 Å². The number of carbonyl (C=O) groups excluding carboxylic acids is 1. The largest absolute Gasteiger partial charge is 0.379 e. The molecule has 4 nitrogen and oxygen atoms in total. The van der Waals surface area contributed by atoms with Crippen molar-refractivity contribution in [2.24, 2.45) is 0 Å². The predicted octanol–water partition coefficient (Wildman–Crippen LogP) is 2.30. The van der Waals surface area contributed by atoms with E-state index in [1.807, 2.05) is 30.0 Å². The van der Waals surface area contributed by atoms with Crippen molar-refractivity contribution in [3.8, 4) is 0 Å². The highest BCUT2D eigenvalue weighted by atomic mass is 79.9. The predicted molar refractivity (Wildman–Crippen MR) is 85.6 cm³/mol. The summed E-state index contributed by atoms with van der Waals surface area (Å²) in [6.07, 6.45) is 1.06. The van der Waals surface area contributed by atoms with Gasteiger partial charge in [0.25, 0.3) is 5.91 Å². The number of morpholine rings is 1. The maximum atomic E-state index is 12.7. The molecule has 2 heterocycles. The summed E-state index contributed by atoms with van der Waals surface area (Å²) >= 11 is 3.55. The lowest BCUT2D eigenvalue weighted by atomic mass is 10.1. The summed E-state index contributed by atoms with van der Waals surface area (Å²) in [5.74, 6) is 0.140. The van der Waals surface area contributed by atoms with E-state index in [4.69, 9.17) is 4.74 Å². The van der Waals surface area contributed by atoms with Crippen LogP contribution in [-0.2, 0) is 4.74 Å². The fraction of sp³-hybridized carbons (Fsp3) is 0.562. The van der Waals surface area contributed by atoms with E-state index in [0.29, 0.717) is 6.04 Å². The van der Waals surface area contributed by atoms with Gasteiger partial charge in [-0.15, -0.1) is 0 Å². The highest BCUT2D eigenvalue weighted by molar-refractivity contribution is 9.10. The summed E-state index contributed by atoms with van der Waals surface area (Å²) in [5.41, 5.74) is 1.88. The molecule has 114 valence electrons. The molecule has 2 fully saturated rings. The van der Waals surface area contributed by atoms with Crippen molar-refractivity contribution in [3.63, 3.8) is 0 Å². The normalized spacial score (nSPS) is 23.5. The summed E-state index contributed by atoms with van der Waals surface area (Å²) in [7, 11) is 0. The van der Waals surface area contributed by atoms with Crippen molar-refractivity contribution in [1.29, 1.82) is 0 Å². The van der Waals surface area contributed by atoms with Gasteiger partial charge in [-0.1, -0.05) is 12.1 Å². The lowest BCUT2D eigenvalue weighted by molar-refractivity contribution is 0.0185. The molecule has 1 unspecified atom stereocenters. The molecule has 0 aliphatic carbocycles. The number of ether oxygens (including phenoxy) is 1. The second-order valence-corrected chi connectivity index (χ2v) is 6.57. The third-order valence-electron chi connectivity index (χ3n) is 4.43. The van der Waals surface area contributed by atoms with E-state index in [-0.39, 0.29) is 5.91 Å². The summed E-state index contributed by atoms with van der Waals surface area (Å²) in [6.45, 7) is 7.30. The quantitative estimate of drug-likeness (QED) is 0.818. The Morgan fingerprint density at radius 2 is 2.05 bits per heavy atom. The average Bonchev–Trinajstić information content (AvgIpc) is 3.00. The molecule has 0 N–H and O–H groups in total. The number of amides is 1. The minimum atomic E-state index is 0.140. The van der Waals surface area contributed by atoms with E-state index in [9.17, 15) is 4.79 Å². The standard InChI is InChI=1S/C16H21BrN2O2/c1-12-3-2-4-14(15(12)17)16(20)19-6-5-13(11-19)18-7-9-21-10-8-18/h2-4,13H,5-11H2,1H3. The molecule has 21 heavy (non-hydrogen) atoms. The van der Waals surface area contributed by atoms with E-state index in [1.165, 1.54) is 0 Å². The Morgan fingerprint density at radius 3 is 2.81 bits per heavy atom. The lowest BCUT2D eigenvalue weighted by Gasteiger charge is -2.32. The van der Waals surface area contributed by atoms with Gasteiger partial charge in [-0.3, -0.25) is 9.69 Å². The molecule has 0 bridgehead atoms. The van der Waals surface area contributed by atoms with E-state index < -0.39 is 0 Å². The minimum Gasteiger partial charge on any atom is -0.379 e. The second kappa shape index (κ2) is 6.46. The molecule has 1 atom stereocenters. The van der Waals surface area contributed by atoms with Crippen LogP contribution in [0.4, 0.5) is 0 Å². The number of likely N-dealkylation sites (tertiary alicyclic amines) is 1. The van der Waals surface area contributed by atoms with Crippen molar-refractivity contribution < 1.29 is 9.53 Å². The molecule has 0 aromatic heterocycles. The summed E-state index contributed by atoms with van der Waals surface area (Å²) in [5, 5.41) is 0. The van der Waals surface area contributed by atoms with Crippen LogP contribution in [0.15, 0.2) is 22.7 Å². The molecule has 1 amide bonds. The van der Waals surface area contributed by atoms with Gasteiger partial charge >= 0.3 is 0 Å². The Labute approximate surface area is 134 Å². The van der Waals surface area contributed by atoms with Crippen molar-refractivity contribution in [2.75, 3.05) is 39.4 Å². The molecular weight excluding hydrogens is 332 g/mol. The van der Waals surface area contributed by atoms with Gasteiger partial charge in [0.15, 0.2) is 0 Å². The molecule has 0 spiro atoms. The fourth-order valence-corrected chi connectivity index (χ4v) is 3.58. The molecule has 5 heteroatoms. The van der Waals surface area contributed by atoms with Crippen molar-refractivity contribution in [1.82, 2.24) is 9.80 Å². The van der Waals surface area contributed by atoms with Crippen LogP contribution in [0.5, 0.6) is 0 Å². The number of hydrogen-bond donors (Lipinski definition) is 0. The molecule has 0 radical (unpaired) electrons. The van der Waals surface area contributed by atoms with E-state index in [2.05, 4.69) is 20.8 Å². The van der Waals surface area contributed by atoms with Gasteiger partial charge in [0, 0.05) is 36.7 Å². The van der Waals surface area contributed by atoms with Gasteiger partial charge in [-0.25, -0.2) is 0 Å². The van der Waals surface area contributed by atoms with Crippen LogP contribution in [-0.4, -0.2) is 61.1 Å². The van der Waals surface area contributed by atoms with Crippen molar-refractivity contribution in [3.05, 3.63) is 33.8 Å². The van der Waals surface area contributed by atoms with E-state index >= 15 is 0 Å². The number of nitrogens with zero attached hydrogens (tertiary/aromatic N) is 2. The number of hydrogen-bond acceptors (Lipinski definition) is 3. The molecule has 3 rings (SSSR count). The van der Waals surface area contributed by atoms with Crippen LogP contribution in [0.25, 0.3) is 0 Å². The zero-order valence-electron chi connectivity index (χ0n) is 12.3. The Bertz CT molecular complexity index is 529. The molecular formula is C16H21BrN2O2. The fourth-order valence-electron chi connectivity index (χ4n) is 3.15. The maximum absolute atomic E-state index is 12.7. The highest BCUT2D eigenvalue weighted by Gasteiger charge is 2.32. The minimum absolute atomic E-state index is 0.140. The van der Waals surface area contributed by atoms with Gasteiger partial charge in [0.1, 0.15) is 0 Å². The van der Waals surface area contributed by atoms with Crippen LogP contribution in [0.2, 0.25) is 0 Å². The first-order valence-corrected chi connectivity index (χ1v) is 8.32. The summed E-state index contributed by atoms with van der Waals surface area (Å²) in [6, 6.07) is 6.35. The molecule has 2 saturated heterocycles. The number of benzene rings is 1. The third-order valence-corrected chi connectivity index (χ3v) is 5.49. The number of rotatable bonds is 2. The first kappa shape index (κ1) is 15.0.